The molecule has 0 unspecified atom stereocenters. The van der Waals surface area contributed by atoms with Gasteiger partial charge in [-0.2, -0.15) is 0 Å². The summed E-state index contributed by atoms with van der Waals surface area (Å²) < 4.78 is 9.14. The third-order valence-corrected chi connectivity index (χ3v) is 2.47. The Morgan fingerprint density at radius 3 is 2.28 bits per heavy atom. The first-order chi connectivity index (χ1) is 8.56. The van der Waals surface area contributed by atoms with Crippen molar-refractivity contribution in [1.29, 1.82) is 0 Å². The van der Waals surface area contributed by atoms with Gasteiger partial charge in [-0.15, -0.1) is 0 Å². The second-order valence-corrected chi connectivity index (χ2v) is 3.90. The number of rotatable bonds is 4. The summed E-state index contributed by atoms with van der Waals surface area (Å²) in [6.45, 7) is 0. The van der Waals surface area contributed by atoms with E-state index in [0.29, 0.717) is 5.02 Å². The highest BCUT2D eigenvalue weighted by molar-refractivity contribution is 6.30. The molecular weight excluding hydrogens is 256 g/mol. The second kappa shape index (κ2) is 6.81. The van der Waals surface area contributed by atoms with Crippen LogP contribution in [0, 0.1) is 0 Å². The molecule has 0 aromatic heterocycles. The zero-order chi connectivity index (χ0) is 13.5. The number of esters is 2. The van der Waals surface area contributed by atoms with E-state index in [1.165, 1.54) is 14.2 Å². The van der Waals surface area contributed by atoms with Crippen LogP contribution in [0.5, 0.6) is 0 Å². The van der Waals surface area contributed by atoms with Crippen LogP contribution in [-0.4, -0.2) is 26.2 Å². The number of halogens is 1. The number of carbonyl (C=O) groups is 2. The molecule has 1 rings (SSSR count). The van der Waals surface area contributed by atoms with Crippen molar-refractivity contribution in [3.8, 4) is 0 Å². The fourth-order valence-corrected chi connectivity index (χ4v) is 1.43. The molecule has 0 heterocycles. The van der Waals surface area contributed by atoms with E-state index >= 15 is 0 Å². The Labute approximate surface area is 110 Å². The molecule has 0 saturated carbocycles. The third-order valence-electron chi connectivity index (χ3n) is 2.22. The van der Waals surface area contributed by atoms with Crippen molar-refractivity contribution in [2.45, 2.75) is 6.42 Å². The van der Waals surface area contributed by atoms with Crippen LogP contribution >= 0.6 is 11.6 Å². The Morgan fingerprint density at radius 2 is 1.78 bits per heavy atom. The van der Waals surface area contributed by atoms with Crippen LogP contribution in [0.1, 0.15) is 12.0 Å². The Balaban J connectivity index is 2.98. The summed E-state index contributed by atoms with van der Waals surface area (Å²) >= 11 is 5.76. The van der Waals surface area contributed by atoms with Crippen LogP contribution in [-0.2, 0) is 19.1 Å². The van der Waals surface area contributed by atoms with E-state index in [4.69, 9.17) is 11.6 Å². The van der Waals surface area contributed by atoms with Crippen molar-refractivity contribution in [2.24, 2.45) is 0 Å². The lowest BCUT2D eigenvalue weighted by Crippen LogP contribution is -2.10. The molecule has 0 bridgehead atoms. The van der Waals surface area contributed by atoms with Crippen LogP contribution in [0.25, 0.3) is 6.08 Å². The quantitative estimate of drug-likeness (QED) is 0.622. The van der Waals surface area contributed by atoms with E-state index in [0.717, 1.165) is 5.56 Å². The molecule has 18 heavy (non-hydrogen) atoms. The summed E-state index contributed by atoms with van der Waals surface area (Å²) in [6, 6.07) is 6.87. The molecule has 1 aromatic carbocycles. The van der Waals surface area contributed by atoms with Gasteiger partial charge in [0.25, 0.3) is 0 Å². The van der Waals surface area contributed by atoms with Crippen molar-refractivity contribution < 1.29 is 19.1 Å². The van der Waals surface area contributed by atoms with E-state index in [1.807, 2.05) is 0 Å². The van der Waals surface area contributed by atoms with Gasteiger partial charge < -0.3 is 9.47 Å². The molecule has 0 aliphatic heterocycles. The van der Waals surface area contributed by atoms with Crippen LogP contribution in [0.2, 0.25) is 5.02 Å². The van der Waals surface area contributed by atoms with Gasteiger partial charge in [0.15, 0.2) is 0 Å². The van der Waals surface area contributed by atoms with Crippen molar-refractivity contribution in [1.82, 2.24) is 0 Å². The largest absolute Gasteiger partial charge is 0.469 e. The maximum absolute atomic E-state index is 11.5. The average molecular weight is 269 g/mol. The lowest BCUT2D eigenvalue weighted by Gasteiger charge is -2.04. The number of hydrogen-bond donors (Lipinski definition) is 0. The Kier molecular flexibility index (Phi) is 5.39. The number of carbonyl (C=O) groups excluding carboxylic acids is 2. The fraction of sp³-hybridized carbons (Fsp3) is 0.231. The predicted molar refractivity (Wildman–Crippen MR) is 68.1 cm³/mol. The molecule has 0 aliphatic carbocycles. The number of hydrogen-bond acceptors (Lipinski definition) is 4. The number of benzene rings is 1. The smallest absolute Gasteiger partial charge is 0.334 e. The third kappa shape index (κ3) is 4.22. The summed E-state index contributed by atoms with van der Waals surface area (Å²) in [6.07, 6.45) is 1.44. The summed E-state index contributed by atoms with van der Waals surface area (Å²) in [5.41, 5.74) is 0.982. The van der Waals surface area contributed by atoms with Crippen molar-refractivity contribution in [3.05, 3.63) is 40.4 Å². The molecule has 96 valence electrons. The van der Waals surface area contributed by atoms with Gasteiger partial charge in [-0.05, 0) is 23.8 Å². The maximum Gasteiger partial charge on any atom is 0.334 e. The van der Waals surface area contributed by atoms with Gasteiger partial charge in [-0.1, -0.05) is 23.7 Å². The van der Waals surface area contributed by atoms with Gasteiger partial charge in [-0.3, -0.25) is 4.79 Å². The van der Waals surface area contributed by atoms with E-state index in [-0.39, 0.29) is 12.0 Å². The Bertz CT molecular complexity index is 462. The van der Waals surface area contributed by atoms with E-state index in [9.17, 15) is 9.59 Å². The highest BCUT2D eigenvalue weighted by Crippen LogP contribution is 2.15. The topological polar surface area (TPSA) is 52.6 Å². The molecule has 0 N–H and O–H groups in total. The molecule has 0 aliphatic rings. The summed E-state index contributed by atoms with van der Waals surface area (Å²) in [5.74, 6) is -1.06. The second-order valence-electron chi connectivity index (χ2n) is 3.47. The first-order valence-corrected chi connectivity index (χ1v) is 5.56. The van der Waals surface area contributed by atoms with Crippen LogP contribution in [0.4, 0.5) is 0 Å². The zero-order valence-corrected chi connectivity index (χ0v) is 10.9. The van der Waals surface area contributed by atoms with Crippen LogP contribution in [0.3, 0.4) is 0 Å². The predicted octanol–water partition coefficient (Wildman–Crippen LogP) is 2.46. The molecular formula is C13H13ClO4. The molecule has 0 fully saturated rings. The summed E-state index contributed by atoms with van der Waals surface area (Å²) in [7, 11) is 2.52. The van der Waals surface area contributed by atoms with E-state index < -0.39 is 11.9 Å². The minimum atomic E-state index is -0.560. The first-order valence-electron chi connectivity index (χ1n) is 5.18. The Hall–Kier alpha value is -1.81. The summed E-state index contributed by atoms with van der Waals surface area (Å²) in [4.78, 5) is 22.7. The number of ether oxygens (including phenoxy) is 2. The molecule has 0 radical (unpaired) electrons. The Morgan fingerprint density at radius 1 is 1.17 bits per heavy atom. The minimum Gasteiger partial charge on any atom is -0.469 e. The van der Waals surface area contributed by atoms with Gasteiger partial charge in [0.1, 0.15) is 0 Å². The van der Waals surface area contributed by atoms with E-state index in [1.54, 1.807) is 30.3 Å². The van der Waals surface area contributed by atoms with Crippen molar-refractivity contribution >= 4 is 29.6 Å². The van der Waals surface area contributed by atoms with Crippen molar-refractivity contribution in [3.63, 3.8) is 0 Å². The molecule has 5 heteroatoms. The normalized spacial score (nSPS) is 10.9. The average Bonchev–Trinajstić information content (AvgIpc) is 2.39. The minimum absolute atomic E-state index is 0.133. The molecule has 0 atom stereocenters. The lowest BCUT2D eigenvalue weighted by atomic mass is 10.1. The van der Waals surface area contributed by atoms with Gasteiger partial charge in [0.05, 0.1) is 20.6 Å². The SMILES string of the molecule is COC(=O)C/C(=C\c1ccc(Cl)cc1)C(=O)OC. The molecule has 0 amide bonds. The lowest BCUT2D eigenvalue weighted by molar-refractivity contribution is -0.143. The molecule has 0 spiro atoms. The zero-order valence-electron chi connectivity index (χ0n) is 10.1. The molecule has 4 nitrogen and oxygen atoms in total. The van der Waals surface area contributed by atoms with Crippen LogP contribution in [0.15, 0.2) is 29.8 Å². The van der Waals surface area contributed by atoms with E-state index in [2.05, 4.69) is 9.47 Å². The first kappa shape index (κ1) is 14.3. The van der Waals surface area contributed by atoms with Gasteiger partial charge in [0, 0.05) is 10.6 Å². The highest BCUT2D eigenvalue weighted by Gasteiger charge is 2.14. The van der Waals surface area contributed by atoms with Gasteiger partial charge in [0.2, 0.25) is 0 Å². The van der Waals surface area contributed by atoms with Gasteiger partial charge in [-0.25, -0.2) is 4.79 Å². The van der Waals surface area contributed by atoms with Crippen molar-refractivity contribution in [2.75, 3.05) is 14.2 Å². The monoisotopic (exact) mass is 268 g/mol. The fourth-order valence-electron chi connectivity index (χ4n) is 1.30. The number of methoxy groups -OCH3 is 2. The maximum atomic E-state index is 11.5. The highest BCUT2D eigenvalue weighted by atomic mass is 35.5. The molecule has 0 saturated heterocycles. The standard InChI is InChI=1S/C13H13ClO4/c1-17-12(15)8-10(13(16)18-2)7-9-3-5-11(14)6-4-9/h3-7H,8H2,1-2H3/b10-7+. The van der Waals surface area contributed by atoms with Crippen LogP contribution < -0.4 is 0 Å². The summed E-state index contributed by atoms with van der Waals surface area (Å²) in [5, 5.41) is 0.597. The molecule has 1 aromatic rings. The van der Waals surface area contributed by atoms with Gasteiger partial charge >= 0.3 is 11.9 Å².